The van der Waals surface area contributed by atoms with Gasteiger partial charge in [-0.3, -0.25) is 14.9 Å². The number of phenols is 1. The van der Waals surface area contributed by atoms with Gasteiger partial charge in [0.2, 0.25) is 0 Å². The number of nitrogens with zero attached hydrogens (tertiary/aromatic N) is 3. The maximum atomic E-state index is 12.4. The van der Waals surface area contributed by atoms with Crippen molar-refractivity contribution in [2.75, 3.05) is 27.2 Å². The number of likely N-dealkylation sites (tertiary alicyclic amines) is 1. The Kier molecular flexibility index (Phi) is 3.89. The minimum atomic E-state index is -0.605. The largest absolute Gasteiger partial charge is 0.508 e. The minimum Gasteiger partial charge on any atom is -0.508 e. The van der Waals surface area contributed by atoms with Gasteiger partial charge in [0.15, 0.2) is 0 Å². The number of nitro benzene ring substituents is 1. The topological polar surface area (TPSA) is 86.9 Å². The molecule has 1 heterocycles. The molecule has 0 radical (unpaired) electrons. The molecule has 1 fully saturated rings. The summed E-state index contributed by atoms with van der Waals surface area (Å²) in [7, 11) is 3.88. The molecule has 20 heavy (non-hydrogen) atoms. The van der Waals surface area contributed by atoms with Gasteiger partial charge in [-0.25, -0.2) is 0 Å². The van der Waals surface area contributed by atoms with Crippen molar-refractivity contribution < 1.29 is 14.8 Å². The lowest BCUT2D eigenvalue weighted by Gasteiger charge is -2.20. The summed E-state index contributed by atoms with van der Waals surface area (Å²) in [6.07, 6.45) is 0.839. The Morgan fingerprint density at radius 3 is 2.75 bits per heavy atom. The van der Waals surface area contributed by atoms with Crippen molar-refractivity contribution >= 4 is 11.6 Å². The molecule has 1 aromatic rings. The molecule has 7 nitrogen and oxygen atoms in total. The van der Waals surface area contributed by atoms with Crippen molar-refractivity contribution in [2.45, 2.75) is 12.5 Å². The Morgan fingerprint density at radius 2 is 2.20 bits per heavy atom. The molecule has 1 aliphatic heterocycles. The van der Waals surface area contributed by atoms with Crippen LogP contribution in [-0.2, 0) is 0 Å². The van der Waals surface area contributed by atoms with Crippen molar-refractivity contribution in [1.82, 2.24) is 9.80 Å². The zero-order valence-corrected chi connectivity index (χ0v) is 11.4. The van der Waals surface area contributed by atoms with Gasteiger partial charge in [0.1, 0.15) is 11.3 Å². The second kappa shape index (κ2) is 5.46. The van der Waals surface area contributed by atoms with Crippen LogP contribution in [0.15, 0.2) is 18.2 Å². The number of aromatic hydroxyl groups is 1. The highest BCUT2D eigenvalue weighted by Crippen LogP contribution is 2.26. The predicted molar refractivity (Wildman–Crippen MR) is 72.8 cm³/mol. The molecule has 1 saturated heterocycles. The first-order valence-electron chi connectivity index (χ1n) is 6.33. The van der Waals surface area contributed by atoms with Gasteiger partial charge in [0, 0.05) is 25.2 Å². The van der Waals surface area contributed by atoms with Gasteiger partial charge in [-0.1, -0.05) is 0 Å². The molecule has 1 aromatic carbocycles. The Balaban J connectivity index is 2.26. The van der Waals surface area contributed by atoms with Crippen LogP contribution < -0.4 is 0 Å². The molecule has 2 rings (SSSR count). The van der Waals surface area contributed by atoms with Crippen LogP contribution in [0.5, 0.6) is 5.75 Å². The fraction of sp³-hybridized carbons (Fsp3) is 0.462. The first-order chi connectivity index (χ1) is 9.40. The van der Waals surface area contributed by atoms with Crippen LogP contribution in [0, 0.1) is 10.1 Å². The average Bonchev–Trinajstić information content (AvgIpc) is 2.87. The van der Waals surface area contributed by atoms with E-state index in [1.165, 1.54) is 6.07 Å². The number of amides is 1. The van der Waals surface area contributed by atoms with Crippen LogP contribution in [0.4, 0.5) is 5.69 Å². The first-order valence-corrected chi connectivity index (χ1v) is 6.33. The average molecular weight is 279 g/mol. The molecule has 0 aromatic heterocycles. The van der Waals surface area contributed by atoms with Crippen molar-refractivity contribution in [1.29, 1.82) is 0 Å². The Morgan fingerprint density at radius 1 is 1.50 bits per heavy atom. The summed E-state index contributed by atoms with van der Waals surface area (Å²) in [6, 6.07) is 3.78. The van der Waals surface area contributed by atoms with Crippen LogP contribution in [0.1, 0.15) is 16.8 Å². The summed E-state index contributed by atoms with van der Waals surface area (Å²) in [5.74, 6) is -0.556. The number of phenolic OH excluding ortho intramolecular Hbond substituents is 1. The zero-order valence-electron chi connectivity index (χ0n) is 11.4. The van der Waals surface area contributed by atoms with Crippen molar-refractivity contribution in [3.05, 3.63) is 33.9 Å². The Hall–Kier alpha value is -2.15. The summed E-state index contributed by atoms with van der Waals surface area (Å²) in [6.45, 7) is 1.10. The highest BCUT2D eigenvalue weighted by Gasteiger charge is 2.31. The van der Waals surface area contributed by atoms with Gasteiger partial charge >= 0.3 is 0 Å². The maximum Gasteiger partial charge on any atom is 0.282 e. The molecule has 0 bridgehead atoms. The van der Waals surface area contributed by atoms with Gasteiger partial charge in [-0.2, -0.15) is 0 Å². The Labute approximate surface area is 116 Å². The van der Waals surface area contributed by atoms with E-state index in [1.54, 1.807) is 4.90 Å². The predicted octanol–water partition coefficient (Wildman–Crippen LogP) is 1.08. The van der Waals surface area contributed by atoms with Crippen molar-refractivity contribution in [3.63, 3.8) is 0 Å². The van der Waals surface area contributed by atoms with Gasteiger partial charge in [0.25, 0.3) is 11.6 Å². The number of carbonyl (C=O) groups excluding carboxylic acids is 1. The van der Waals surface area contributed by atoms with Crippen LogP contribution in [-0.4, -0.2) is 59.0 Å². The molecule has 108 valence electrons. The third kappa shape index (κ3) is 2.72. The van der Waals surface area contributed by atoms with E-state index in [-0.39, 0.29) is 23.0 Å². The minimum absolute atomic E-state index is 0.0607. The second-order valence-corrected chi connectivity index (χ2v) is 5.12. The maximum absolute atomic E-state index is 12.4. The van der Waals surface area contributed by atoms with Crippen molar-refractivity contribution in [2.24, 2.45) is 0 Å². The molecule has 0 spiro atoms. The molecule has 0 aliphatic carbocycles. The van der Waals surface area contributed by atoms with Crippen LogP contribution >= 0.6 is 0 Å². The number of hydrogen-bond acceptors (Lipinski definition) is 5. The number of nitro groups is 1. The molecule has 0 saturated carbocycles. The summed E-state index contributed by atoms with van der Waals surface area (Å²) in [5.41, 5.74) is -0.337. The summed E-state index contributed by atoms with van der Waals surface area (Å²) >= 11 is 0. The van der Waals surface area contributed by atoms with Crippen LogP contribution in [0.3, 0.4) is 0 Å². The highest BCUT2D eigenvalue weighted by molar-refractivity contribution is 5.98. The molecule has 1 amide bonds. The molecule has 1 atom stereocenters. The molecule has 7 heteroatoms. The monoisotopic (exact) mass is 279 g/mol. The highest BCUT2D eigenvalue weighted by atomic mass is 16.6. The first kappa shape index (κ1) is 14.3. The van der Waals surface area contributed by atoms with Crippen LogP contribution in [0.2, 0.25) is 0 Å². The van der Waals surface area contributed by atoms with E-state index >= 15 is 0 Å². The van der Waals surface area contributed by atoms with Crippen molar-refractivity contribution in [3.8, 4) is 5.75 Å². The molecular formula is C13H17N3O4. The summed E-state index contributed by atoms with van der Waals surface area (Å²) < 4.78 is 0. The number of rotatable bonds is 3. The lowest BCUT2D eigenvalue weighted by Crippen LogP contribution is -2.34. The SMILES string of the molecule is CN(C)C1CCN(C(=O)c2cc(O)ccc2[N+](=O)[O-])C1. The Bertz CT molecular complexity index is 544. The van der Waals surface area contributed by atoms with E-state index in [1.807, 2.05) is 19.0 Å². The summed E-state index contributed by atoms with van der Waals surface area (Å²) in [4.78, 5) is 26.4. The smallest absolute Gasteiger partial charge is 0.282 e. The zero-order chi connectivity index (χ0) is 14.9. The van der Waals surface area contributed by atoms with E-state index in [9.17, 15) is 20.0 Å². The fourth-order valence-corrected chi connectivity index (χ4v) is 2.37. The van der Waals surface area contributed by atoms with E-state index < -0.39 is 10.8 Å². The third-order valence-electron chi connectivity index (χ3n) is 3.59. The molecule has 1 aliphatic rings. The fourth-order valence-electron chi connectivity index (χ4n) is 2.37. The van der Waals surface area contributed by atoms with Gasteiger partial charge < -0.3 is 14.9 Å². The van der Waals surface area contributed by atoms with E-state index in [4.69, 9.17) is 0 Å². The third-order valence-corrected chi connectivity index (χ3v) is 3.59. The quantitative estimate of drug-likeness (QED) is 0.660. The van der Waals surface area contributed by atoms with Gasteiger partial charge in [-0.15, -0.1) is 0 Å². The number of carbonyl (C=O) groups is 1. The standard InChI is InChI=1S/C13H17N3O4/c1-14(2)9-5-6-15(8-9)13(18)11-7-10(17)3-4-12(11)16(19)20/h3-4,7,9,17H,5-6,8H2,1-2H3. The molecule has 1 unspecified atom stereocenters. The van der Waals surface area contributed by atoms with E-state index in [0.29, 0.717) is 13.1 Å². The normalized spacial score (nSPS) is 18.6. The lowest BCUT2D eigenvalue weighted by atomic mass is 10.1. The molecule has 1 N–H and O–H groups in total. The van der Waals surface area contributed by atoms with Gasteiger partial charge in [-0.05, 0) is 32.6 Å². The molecular weight excluding hydrogens is 262 g/mol. The lowest BCUT2D eigenvalue weighted by molar-refractivity contribution is -0.385. The number of benzene rings is 1. The second-order valence-electron chi connectivity index (χ2n) is 5.12. The summed E-state index contributed by atoms with van der Waals surface area (Å²) in [5, 5.41) is 20.4. The van der Waals surface area contributed by atoms with Gasteiger partial charge in [0.05, 0.1) is 4.92 Å². The number of likely N-dealkylation sites (N-methyl/N-ethyl adjacent to an activating group) is 1. The van der Waals surface area contributed by atoms with Crippen LogP contribution in [0.25, 0.3) is 0 Å². The van der Waals surface area contributed by atoms with E-state index in [0.717, 1.165) is 18.6 Å². The number of hydrogen-bond donors (Lipinski definition) is 1. The van der Waals surface area contributed by atoms with E-state index in [2.05, 4.69) is 0 Å².